The number of aryl methyl sites for hydroxylation is 1. The molecule has 0 saturated carbocycles. The molecular formula is C49H54N4OPd. The van der Waals surface area contributed by atoms with Crippen LogP contribution in [-0.2, 0) is 36.7 Å². The van der Waals surface area contributed by atoms with Crippen molar-refractivity contribution in [1.29, 1.82) is 0 Å². The van der Waals surface area contributed by atoms with E-state index in [-0.39, 0.29) is 42.6 Å². The number of ether oxygens (including phenoxy) is 1. The number of hydrogen-bond donors (Lipinski definition) is 0. The summed E-state index contributed by atoms with van der Waals surface area (Å²) >= 11 is 0. The van der Waals surface area contributed by atoms with Gasteiger partial charge in [-0.2, -0.15) is 11.2 Å². The van der Waals surface area contributed by atoms with Crippen LogP contribution in [0.15, 0.2) is 85.1 Å². The van der Waals surface area contributed by atoms with Crippen molar-refractivity contribution in [3.05, 3.63) is 131 Å². The molecule has 0 atom stereocenters. The fraction of sp³-hybridized carbons (Fsp3) is 0.347. The van der Waals surface area contributed by atoms with Crippen molar-refractivity contribution in [3.8, 4) is 34.1 Å². The molecule has 0 N–H and O–H groups in total. The zero-order valence-electron chi connectivity index (χ0n) is 34.7. The maximum absolute atomic E-state index is 6.71. The predicted octanol–water partition coefficient (Wildman–Crippen LogP) is 13.1. The van der Waals surface area contributed by atoms with E-state index in [1.165, 1.54) is 27.8 Å². The number of nitrogens with zero attached hydrogens (tertiary/aromatic N) is 4. The Bertz CT molecular complexity index is 2500. The Morgan fingerprint density at radius 3 is 1.98 bits per heavy atom. The maximum atomic E-state index is 6.71. The predicted molar refractivity (Wildman–Crippen MR) is 225 cm³/mol. The molecule has 0 radical (unpaired) electrons. The van der Waals surface area contributed by atoms with Crippen LogP contribution in [-0.4, -0.2) is 19.3 Å². The van der Waals surface area contributed by atoms with Crippen LogP contribution < -0.4 is 4.74 Å². The number of rotatable bonds is 6. The average Bonchev–Trinajstić information content (AvgIpc) is 3.59. The molecule has 7 rings (SSSR count). The molecule has 0 fully saturated rings. The van der Waals surface area contributed by atoms with E-state index >= 15 is 0 Å². The molecule has 0 aliphatic rings. The number of fused-ring (bicyclic) bond motifs is 3. The summed E-state index contributed by atoms with van der Waals surface area (Å²) in [5.74, 6) is 2.37. The van der Waals surface area contributed by atoms with Crippen LogP contribution in [0.2, 0.25) is 0 Å². The molecule has 286 valence electrons. The molecular weight excluding hydrogens is 767 g/mol. The standard InChI is InChI=1S/C49H54N4O.Pd/c1-30(2)33-25-35(53-32(4)45(31(3)51-53)46-40(48(8,9)10)18-16-19-41(46)49(11,12)13)28-37(26-33)54-36-21-22-39-38-17-14-15-20-42(38)52(43(39)29-36)44-27-34(23-24-50-44)47(5,6)7;/h14-27,30H,1-13H3;/q-2;+2. The molecule has 0 unspecified atom stereocenters. The molecule has 0 amide bonds. The smallest absolute Gasteiger partial charge is 0.509 e. The number of para-hydroxylation sites is 1. The first-order chi connectivity index (χ1) is 25.3. The summed E-state index contributed by atoms with van der Waals surface area (Å²) in [5, 5.41) is 7.45. The Morgan fingerprint density at radius 2 is 1.35 bits per heavy atom. The largest absolute Gasteiger partial charge is 2.00 e. The number of benzene rings is 4. The zero-order chi connectivity index (χ0) is 38.9. The van der Waals surface area contributed by atoms with Crippen LogP contribution >= 0.6 is 0 Å². The summed E-state index contributed by atoms with van der Waals surface area (Å²) in [5.41, 5.74) is 12.3. The summed E-state index contributed by atoms with van der Waals surface area (Å²) in [4.78, 5) is 4.85. The van der Waals surface area contributed by atoms with Gasteiger partial charge in [0, 0.05) is 34.5 Å². The summed E-state index contributed by atoms with van der Waals surface area (Å²) in [6.45, 7) is 29.2. The van der Waals surface area contributed by atoms with E-state index in [2.05, 4.69) is 180 Å². The third kappa shape index (κ3) is 7.57. The Morgan fingerprint density at radius 1 is 0.673 bits per heavy atom. The van der Waals surface area contributed by atoms with Gasteiger partial charge >= 0.3 is 20.4 Å². The quantitative estimate of drug-likeness (QED) is 0.124. The monoisotopic (exact) mass is 820 g/mol. The Hall–Kier alpha value is -4.50. The minimum atomic E-state index is -0.0446. The maximum Gasteiger partial charge on any atom is 2.00 e. The van der Waals surface area contributed by atoms with Gasteiger partial charge in [0.05, 0.1) is 5.69 Å². The van der Waals surface area contributed by atoms with Gasteiger partial charge in [-0.05, 0) is 87.5 Å². The SMILES string of the molecule is Cc1nn(-c2[c-]c(Oc3[c-]c4c(cc3)c3ccccc3n4-c3cc(C(C)(C)C)ccn3)cc(C(C)C)c2)c(C)c1-c1c(C(C)(C)C)cccc1C(C)(C)C.[Pd+2]. The number of pyridine rings is 1. The first kappa shape index (κ1) is 40.2. The van der Waals surface area contributed by atoms with Crippen molar-refractivity contribution in [1.82, 2.24) is 19.3 Å². The molecule has 3 heterocycles. The van der Waals surface area contributed by atoms with E-state index in [1.54, 1.807) is 0 Å². The third-order valence-corrected chi connectivity index (χ3v) is 10.6. The summed E-state index contributed by atoms with van der Waals surface area (Å²) in [6, 6.07) is 35.2. The Labute approximate surface area is 341 Å². The van der Waals surface area contributed by atoms with Crippen molar-refractivity contribution >= 4 is 21.8 Å². The number of hydrogen-bond acceptors (Lipinski definition) is 3. The van der Waals surface area contributed by atoms with Crippen LogP contribution in [0.1, 0.15) is 116 Å². The third-order valence-electron chi connectivity index (χ3n) is 10.6. The second-order valence-corrected chi connectivity index (χ2v) is 18.2. The van der Waals surface area contributed by atoms with Gasteiger partial charge in [-0.3, -0.25) is 4.68 Å². The molecule has 0 bridgehead atoms. The molecule has 0 saturated heterocycles. The number of aromatic nitrogens is 4. The van der Waals surface area contributed by atoms with E-state index in [0.29, 0.717) is 11.5 Å². The van der Waals surface area contributed by atoms with E-state index in [1.807, 2.05) is 16.9 Å². The first-order valence-corrected chi connectivity index (χ1v) is 19.2. The van der Waals surface area contributed by atoms with Crippen LogP contribution in [0.3, 0.4) is 0 Å². The summed E-state index contributed by atoms with van der Waals surface area (Å²) in [6.07, 6.45) is 1.90. The topological polar surface area (TPSA) is 44.9 Å². The molecule has 3 aromatic heterocycles. The van der Waals surface area contributed by atoms with Gasteiger partial charge in [0.2, 0.25) is 0 Å². The van der Waals surface area contributed by atoms with E-state index in [9.17, 15) is 0 Å². The average molecular weight is 821 g/mol. The van der Waals surface area contributed by atoms with Gasteiger partial charge in [-0.15, -0.1) is 41.3 Å². The van der Waals surface area contributed by atoms with E-state index in [0.717, 1.165) is 50.3 Å². The minimum Gasteiger partial charge on any atom is -0.509 e. The van der Waals surface area contributed by atoms with Crippen LogP contribution in [0.5, 0.6) is 11.5 Å². The minimum absolute atomic E-state index is 0. The van der Waals surface area contributed by atoms with Crippen molar-refractivity contribution < 1.29 is 25.2 Å². The van der Waals surface area contributed by atoms with Gasteiger partial charge in [0.1, 0.15) is 5.82 Å². The van der Waals surface area contributed by atoms with Crippen molar-refractivity contribution in [2.75, 3.05) is 0 Å². The molecule has 55 heavy (non-hydrogen) atoms. The fourth-order valence-electron chi connectivity index (χ4n) is 7.66. The van der Waals surface area contributed by atoms with Crippen molar-refractivity contribution in [2.45, 2.75) is 112 Å². The second-order valence-electron chi connectivity index (χ2n) is 18.2. The van der Waals surface area contributed by atoms with Gasteiger partial charge in [0.15, 0.2) is 0 Å². The van der Waals surface area contributed by atoms with Crippen molar-refractivity contribution in [2.24, 2.45) is 0 Å². The van der Waals surface area contributed by atoms with E-state index < -0.39 is 0 Å². The Kier molecular flexibility index (Phi) is 10.6. The Balaban J connectivity index is 0.00000514. The van der Waals surface area contributed by atoms with Gasteiger partial charge < -0.3 is 9.30 Å². The molecule has 0 aliphatic heterocycles. The fourth-order valence-corrected chi connectivity index (χ4v) is 7.66. The first-order valence-electron chi connectivity index (χ1n) is 19.2. The van der Waals surface area contributed by atoms with E-state index in [4.69, 9.17) is 14.8 Å². The normalized spacial score (nSPS) is 12.5. The van der Waals surface area contributed by atoms with Crippen LogP contribution in [0.4, 0.5) is 0 Å². The molecule has 4 aromatic carbocycles. The molecule has 7 aromatic rings. The van der Waals surface area contributed by atoms with Gasteiger partial charge in [0.25, 0.3) is 0 Å². The van der Waals surface area contributed by atoms with Gasteiger partial charge in [-0.25, -0.2) is 4.98 Å². The van der Waals surface area contributed by atoms with Crippen LogP contribution in [0, 0.1) is 26.0 Å². The summed E-state index contributed by atoms with van der Waals surface area (Å²) in [7, 11) is 0. The molecule has 5 nitrogen and oxygen atoms in total. The summed E-state index contributed by atoms with van der Waals surface area (Å²) < 4.78 is 11.0. The second kappa shape index (κ2) is 14.5. The molecule has 0 aliphatic carbocycles. The molecule has 6 heteroatoms. The van der Waals surface area contributed by atoms with Crippen molar-refractivity contribution in [3.63, 3.8) is 0 Å². The zero-order valence-corrected chi connectivity index (χ0v) is 36.2. The van der Waals surface area contributed by atoms with Crippen LogP contribution in [0.25, 0.3) is 44.4 Å². The molecule has 0 spiro atoms. The van der Waals surface area contributed by atoms with Gasteiger partial charge in [-0.1, -0.05) is 118 Å².